The van der Waals surface area contributed by atoms with Crippen LogP contribution in [0.4, 0.5) is 0 Å². The van der Waals surface area contributed by atoms with Crippen molar-refractivity contribution in [3.8, 4) is 0 Å². The van der Waals surface area contributed by atoms with Crippen molar-refractivity contribution in [1.82, 2.24) is 25.3 Å². The number of aromatic nitrogens is 2. The summed E-state index contributed by atoms with van der Waals surface area (Å²) >= 11 is 0. The maximum atomic E-state index is 12.0. The van der Waals surface area contributed by atoms with Crippen molar-refractivity contribution in [1.29, 1.82) is 0 Å². The van der Waals surface area contributed by atoms with Gasteiger partial charge in [0.15, 0.2) is 5.96 Å². The van der Waals surface area contributed by atoms with Gasteiger partial charge in [-0.3, -0.25) is 9.98 Å². The summed E-state index contributed by atoms with van der Waals surface area (Å²) in [5, 5.41) is 6.06. The van der Waals surface area contributed by atoms with E-state index in [1.807, 2.05) is 13.8 Å². The van der Waals surface area contributed by atoms with Gasteiger partial charge in [-0.2, -0.15) is 0 Å². The number of hydrogen-bond acceptors (Lipinski definition) is 6. The first kappa shape index (κ1) is 18.9. The maximum Gasteiger partial charge on any atom is 0.242 e. The lowest BCUT2D eigenvalue weighted by molar-refractivity contribution is 0.464. The smallest absolute Gasteiger partial charge is 0.242 e. The highest BCUT2D eigenvalue weighted by atomic mass is 32.2. The standard InChI is InChI=1S/C15H22N6O3S/c1-11-12(2)24-14(21-11)10-19-15(16-3)18-7-8-20-25(22,23)13-5-4-6-17-9-13/h4-6,9,20H,7-8,10H2,1-3H3,(H2,16,18,19). The Kier molecular flexibility index (Phi) is 6.48. The Balaban J connectivity index is 1.76. The first-order valence-corrected chi connectivity index (χ1v) is 9.18. The van der Waals surface area contributed by atoms with Crippen LogP contribution in [0.2, 0.25) is 0 Å². The predicted molar refractivity (Wildman–Crippen MR) is 93.6 cm³/mol. The fourth-order valence-electron chi connectivity index (χ4n) is 1.95. The first-order chi connectivity index (χ1) is 11.9. The quantitative estimate of drug-likeness (QED) is 0.367. The SMILES string of the molecule is CN=C(NCCNS(=O)(=O)c1cccnc1)NCc1nc(C)c(C)o1. The summed E-state index contributed by atoms with van der Waals surface area (Å²) in [5.74, 6) is 1.87. The molecule has 25 heavy (non-hydrogen) atoms. The highest BCUT2D eigenvalue weighted by Crippen LogP contribution is 2.07. The minimum atomic E-state index is -3.56. The number of aryl methyl sites for hydroxylation is 2. The molecule has 10 heteroatoms. The number of guanidine groups is 1. The van der Waals surface area contributed by atoms with E-state index >= 15 is 0 Å². The second-order valence-electron chi connectivity index (χ2n) is 5.19. The van der Waals surface area contributed by atoms with Gasteiger partial charge >= 0.3 is 0 Å². The molecule has 0 saturated heterocycles. The van der Waals surface area contributed by atoms with Gasteiger partial charge in [-0.05, 0) is 26.0 Å². The molecule has 2 heterocycles. The summed E-state index contributed by atoms with van der Waals surface area (Å²) in [6.07, 6.45) is 2.82. The molecule has 0 aliphatic rings. The third-order valence-corrected chi connectivity index (χ3v) is 4.80. The average Bonchev–Trinajstić information content (AvgIpc) is 2.93. The Bertz CT molecular complexity index is 798. The van der Waals surface area contributed by atoms with Gasteiger partial charge in [0, 0.05) is 32.5 Å². The van der Waals surface area contributed by atoms with E-state index in [-0.39, 0.29) is 11.4 Å². The Hall–Kier alpha value is -2.46. The zero-order chi connectivity index (χ0) is 18.3. The lowest BCUT2D eigenvalue weighted by Crippen LogP contribution is -2.41. The van der Waals surface area contributed by atoms with Gasteiger partial charge in [0.2, 0.25) is 15.9 Å². The van der Waals surface area contributed by atoms with Crippen LogP contribution in [0.3, 0.4) is 0 Å². The molecule has 0 radical (unpaired) electrons. The molecule has 0 aliphatic carbocycles. The number of pyridine rings is 1. The molecule has 0 fully saturated rings. The van der Waals surface area contributed by atoms with Crippen molar-refractivity contribution < 1.29 is 12.8 Å². The molecule has 0 aliphatic heterocycles. The van der Waals surface area contributed by atoms with Crippen LogP contribution in [0, 0.1) is 13.8 Å². The predicted octanol–water partition coefficient (Wildman–Crippen LogP) is 0.330. The van der Waals surface area contributed by atoms with Gasteiger partial charge in [-0.15, -0.1) is 0 Å². The molecule has 9 nitrogen and oxygen atoms in total. The third kappa shape index (κ3) is 5.54. The van der Waals surface area contributed by atoms with Crippen LogP contribution in [-0.4, -0.2) is 44.5 Å². The van der Waals surface area contributed by atoms with E-state index in [9.17, 15) is 8.42 Å². The van der Waals surface area contributed by atoms with Crippen LogP contribution in [0.15, 0.2) is 38.8 Å². The third-order valence-electron chi connectivity index (χ3n) is 3.36. The number of nitrogens with one attached hydrogen (secondary N) is 3. The molecule has 0 bridgehead atoms. The van der Waals surface area contributed by atoms with Crippen molar-refractivity contribution in [2.45, 2.75) is 25.3 Å². The van der Waals surface area contributed by atoms with Crippen molar-refractivity contribution in [2.24, 2.45) is 4.99 Å². The highest BCUT2D eigenvalue weighted by Gasteiger charge is 2.13. The van der Waals surface area contributed by atoms with Gasteiger partial charge in [0.1, 0.15) is 10.7 Å². The molecule has 2 aromatic rings. The van der Waals surface area contributed by atoms with E-state index in [2.05, 4.69) is 30.3 Å². The fourth-order valence-corrected chi connectivity index (χ4v) is 2.95. The number of aliphatic imine (C=N–C) groups is 1. The Labute approximate surface area is 147 Å². The van der Waals surface area contributed by atoms with E-state index < -0.39 is 10.0 Å². The summed E-state index contributed by atoms with van der Waals surface area (Å²) in [6.45, 7) is 4.69. The molecule has 2 rings (SSSR count). The summed E-state index contributed by atoms with van der Waals surface area (Å²) in [7, 11) is -1.93. The number of hydrogen-bond donors (Lipinski definition) is 3. The minimum Gasteiger partial charge on any atom is -0.444 e. The van der Waals surface area contributed by atoms with Gasteiger partial charge in [-0.25, -0.2) is 18.1 Å². The Morgan fingerprint density at radius 2 is 2.08 bits per heavy atom. The van der Waals surface area contributed by atoms with Crippen LogP contribution in [0.25, 0.3) is 0 Å². The zero-order valence-electron chi connectivity index (χ0n) is 14.4. The van der Waals surface area contributed by atoms with Crippen LogP contribution < -0.4 is 15.4 Å². The molecular weight excluding hydrogens is 344 g/mol. The van der Waals surface area contributed by atoms with E-state index in [1.165, 1.54) is 18.5 Å². The fraction of sp³-hybridized carbons (Fsp3) is 0.400. The maximum absolute atomic E-state index is 12.0. The summed E-state index contributed by atoms with van der Waals surface area (Å²) in [6, 6.07) is 3.06. The van der Waals surface area contributed by atoms with Gasteiger partial charge in [-0.1, -0.05) is 0 Å². The number of nitrogens with zero attached hydrogens (tertiary/aromatic N) is 3. The highest BCUT2D eigenvalue weighted by molar-refractivity contribution is 7.89. The van der Waals surface area contributed by atoms with Crippen LogP contribution in [-0.2, 0) is 16.6 Å². The molecule has 0 spiro atoms. The molecule has 0 unspecified atom stereocenters. The Morgan fingerprint density at radius 1 is 1.28 bits per heavy atom. The number of sulfonamides is 1. The van der Waals surface area contributed by atoms with Crippen molar-refractivity contribution in [2.75, 3.05) is 20.1 Å². The van der Waals surface area contributed by atoms with E-state index in [0.717, 1.165) is 11.5 Å². The largest absolute Gasteiger partial charge is 0.444 e. The lowest BCUT2D eigenvalue weighted by atomic mass is 10.4. The molecule has 136 valence electrons. The molecule has 0 saturated carbocycles. The molecule has 0 amide bonds. The van der Waals surface area contributed by atoms with E-state index in [0.29, 0.717) is 24.9 Å². The molecule has 0 atom stereocenters. The summed E-state index contributed by atoms with van der Waals surface area (Å²) in [4.78, 5) is 12.3. The Morgan fingerprint density at radius 3 is 2.68 bits per heavy atom. The molecule has 3 N–H and O–H groups in total. The second-order valence-corrected chi connectivity index (χ2v) is 6.96. The van der Waals surface area contributed by atoms with Crippen LogP contribution >= 0.6 is 0 Å². The normalized spacial score (nSPS) is 12.2. The van der Waals surface area contributed by atoms with Crippen molar-refractivity contribution in [3.63, 3.8) is 0 Å². The number of oxazole rings is 1. The monoisotopic (exact) mass is 366 g/mol. The van der Waals surface area contributed by atoms with Crippen molar-refractivity contribution >= 4 is 16.0 Å². The van der Waals surface area contributed by atoms with Gasteiger partial charge < -0.3 is 15.1 Å². The first-order valence-electron chi connectivity index (χ1n) is 7.69. The van der Waals surface area contributed by atoms with Crippen LogP contribution in [0.1, 0.15) is 17.3 Å². The summed E-state index contributed by atoms with van der Waals surface area (Å²) in [5.41, 5.74) is 0.851. The van der Waals surface area contributed by atoms with Crippen molar-refractivity contribution in [3.05, 3.63) is 41.9 Å². The van der Waals surface area contributed by atoms with E-state index in [1.54, 1.807) is 13.1 Å². The van der Waals surface area contributed by atoms with Gasteiger partial charge in [0.05, 0.1) is 12.2 Å². The van der Waals surface area contributed by atoms with E-state index in [4.69, 9.17) is 4.42 Å². The molecule has 0 aromatic carbocycles. The lowest BCUT2D eigenvalue weighted by Gasteiger charge is -2.11. The average molecular weight is 366 g/mol. The zero-order valence-corrected chi connectivity index (χ0v) is 15.2. The van der Waals surface area contributed by atoms with Crippen LogP contribution in [0.5, 0.6) is 0 Å². The molecular formula is C15H22N6O3S. The number of rotatable bonds is 7. The second kappa shape index (κ2) is 8.58. The topological polar surface area (TPSA) is 122 Å². The van der Waals surface area contributed by atoms with Gasteiger partial charge in [0.25, 0.3) is 0 Å². The molecule has 2 aromatic heterocycles. The summed E-state index contributed by atoms with van der Waals surface area (Å²) < 4.78 is 32.1. The minimum absolute atomic E-state index is 0.132.